The summed E-state index contributed by atoms with van der Waals surface area (Å²) in [4.78, 5) is 3.72. The van der Waals surface area contributed by atoms with E-state index in [1.165, 1.54) is 24.5 Å². The second-order valence-corrected chi connectivity index (χ2v) is 4.00. The lowest BCUT2D eigenvalue weighted by Gasteiger charge is -2.16. The minimum Gasteiger partial charge on any atom is -0.264 e. The van der Waals surface area contributed by atoms with Gasteiger partial charge in [0.25, 0.3) is 0 Å². The standard InChI is InChI=1S/C13H7F6N/c14-12(15,16)10-4-3-8(6-11(10)13(17,18)19)9-2-1-5-20-7-9/h1-7H. The van der Waals surface area contributed by atoms with Crippen LogP contribution in [0.1, 0.15) is 11.1 Å². The zero-order valence-electron chi connectivity index (χ0n) is 9.76. The topological polar surface area (TPSA) is 12.9 Å². The molecule has 1 aromatic heterocycles. The van der Waals surface area contributed by atoms with E-state index in [2.05, 4.69) is 4.98 Å². The molecule has 106 valence electrons. The van der Waals surface area contributed by atoms with Gasteiger partial charge in [0, 0.05) is 18.0 Å². The van der Waals surface area contributed by atoms with Gasteiger partial charge < -0.3 is 0 Å². The number of hydrogen-bond acceptors (Lipinski definition) is 1. The first-order valence-corrected chi connectivity index (χ1v) is 5.38. The Balaban J connectivity index is 2.62. The van der Waals surface area contributed by atoms with Crippen molar-refractivity contribution in [1.82, 2.24) is 4.98 Å². The molecule has 7 heteroatoms. The Labute approximate surface area is 109 Å². The summed E-state index contributed by atoms with van der Waals surface area (Å²) in [5, 5.41) is 0. The smallest absolute Gasteiger partial charge is 0.264 e. The molecule has 1 heterocycles. The van der Waals surface area contributed by atoms with Crippen molar-refractivity contribution in [2.45, 2.75) is 12.4 Å². The maximum atomic E-state index is 12.8. The Bertz CT molecular complexity index is 600. The first-order chi connectivity index (χ1) is 9.19. The van der Waals surface area contributed by atoms with E-state index in [1.807, 2.05) is 0 Å². The summed E-state index contributed by atoms with van der Waals surface area (Å²) in [5.74, 6) is 0. The van der Waals surface area contributed by atoms with E-state index in [-0.39, 0.29) is 5.56 Å². The van der Waals surface area contributed by atoms with Gasteiger partial charge in [-0.2, -0.15) is 26.3 Å². The predicted octanol–water partition coefficient (Wildman–Crippen LogP) is 4.79. The molecule has 0 aliphatic carbocycles. The van der Waals surface area contributed by atoms with Crippen LogP contribution in [-0.2, 0) is 12.4 Å². The number of hydrogen-bond donors (Lipinski definition) is 0. The molecule has 0 bridgehead atoms. The molecular weight excluding hydrogens is 284 g/mol. The normalized spacial score (nSPS) is 12.5. The molecule has 20 heavy (non-hydrogen) atoms. The van der Waals surface area contributed by atoms with Gasteiger partial charge in [-0.1, -0.05) is 12.1 Å². The van der Waals surface area contributed by atoms with Crippen molar-refractivity contribution >= 4 is 0 Å². The minimum atomic E-state index is -5.08. The molecule has 0 spiro atoms. The van der Waals surface area contributed by atoms with Crippen LogP contribution in [0.4, 0.5) is 26.3 Å². The Hall–Kier alpha value is -2.05. The van der Waals surface area contributed by atoms with Gasteiger partial charge in [-0.05, 0) is 23.8 Å². The molecule has 0 unspecified atom stereocenters. The van der Waals surface area contributed by atoms with Crippen molar-refractivity contribution in [3.63, 3.8) is 0 Å². The van der Waals surface area contributed by atoms with E-state index < -0.39 is 23.5 Å². The number of halogens is 6. The second kappa shape index (κ2) is 4.81. The van der Waals surface area contributed by atoms with Gasteiger partial charge >= 0.3 is 12.4 Å². The van der Waals surface area contributed by atoms with Crippen molar-refractivity contribution in [1.29, 1.82) is 0 Å². The lowest BCUT2D eigenvalue weighted by Crippen LogP contribution is -2.16. The van der Waals surface area contributed by atoms with Crippen LogP contribution in [0, 0.1) is 0 Å². The van der Waals surface area contributed by atoms with Crippen molar-refractivity contribution in [3.05, 3.63) is 53.9 Å². The van der Waals surface area contributed by atoms with Crippen LogP contribution >= 0.6 is 0 Å². The summed E-state index contributed by atoms with van der Waals surface area (Å²) in [6.07, 6.45) is -7.44. The molecule has 0 atom stereocenters. The number of aromatic nitrogens is 1. The molecule has 0 aliphatic heterocycles. The van der Waals surface area contributed by atoms with E-state index in [0.717, 1.165) is 6.07 Å². The van der Waals surface area contributed by atoms with E-state index in [9.17, 15) is 26.3 Å². The second-order valence-electron chi connectivity index (χ2n) is 4.00. The highest BCUT2D eigenvalue weighted by Gasteiger charge is 2.43. The van der Waals surface area contributed by atoms with Crippen molar-refractivity contribution in [2.75, 3.05) is 0 Å². The molecule has 2 aromatic rings. The fourth-order valence-electron chi connectivity index (χ4n) is 1.74. The quantitative estimate of drug-likeness (QED) is 0.689. The van der Waals surface area contributed by atoms with E-state index >= 15 is 0 Å². The van der Waals surface area contributed by atoms with Crippen LogP contribution in [0.25, 0.3) is 11.1 Å². The van der Waals surface area contributed by atoms with Gasteiger partial charge in [-0.25, -0.2) is 0 Å². The Kier molecular flexibility index (Phi) is 3.45. The number of pyridine rings is 1. The molecule has 0 saturated heterocycles. The first-order valence-electron chi connectivity index (χ1n) is 5.38. The predicted molar refractivity (Wildman–Crippen MR) is 59.7 cm³/mol. The summed E-state index contributed by atoms with van der Waals surface area (Å²) in [7, 11) is 0. The van der Waals surface area contributed by atoms with Gasteiger partial charge in [0.05, 0.1) is 11.1 Å². The average molecular weight is 291 g/mol. The number of alkyl halides is 6. The number of rotatable bonds is 1. The Morgan fingerprint density at radius 3 is 1.90 bits per heavy atom. The van der Waals surface area contributed by atoms with Crippen LogP contribution in [-0.4, -0.2) is 4.98 Å². The van der Waals surface area contributed by atoms with E-state index in [4.69, 9.17) is 0 Å². The third-order valence-electron chi connectivity index (χ3n) is 2.63. The zero-order chi connectivity index (χ0) is 15.0. The highest BCUT2D eigenvalue weighted by molar-refractivity contribution is 5.64. The van der Waals surface area contributed by atoms with Gasteiger partial charge in [0.15, 0.2) is 0 Å². The lowest BCUT2D eigenvalue weighted by atomic mass is 9.99. The Morgan fingerprint density at radius 2 is 1.40 bits per heavy atom. The molecule has 0 N–H and O–H groups in total. The van der Waals surface area contributed by atoms with Gasteiger partial charge in [0.1, 0.15) is 0 Å². The lowest BCUT2D eigenvalue weighted by molar-refractivity contribution is -0.162. The van der Waals surface area contributed by atoms with E-state index in [1.54, 1.807) is 0 Å². The summed E-state index contributed by atoms with van der Waals surface area (Å²) in [5.41, 5.74) is -3.06. The number of nitrogens with zero attached hydrogens (tertiary/aromatic N) is 1. The number of benzene rings is 1. The minimum absolute atomic E-state index is 0.0263. The third-order valence-corrected chi connectivity index (χ3v) is 2.63. The molecule has 1 nitrogen and oxygen atoms in total. The van der Waals surface area contributed by atoms with Gasteiger partial charge in [-0.3, -0.25) is 4.98 Å². The van der Waals surface area contributed by atoms with Crippen molar-refractivity contribution < 1.29 is 26.3 Å². The summed E-state index contributed by atoms with van der Waals surface area (Å²) >= 11 is 0. The summed E-state index contributed by atoms with van der Waals surface area (Å²) in [6, 6.07) is 4.87. The monoisotopic (exact) mass is 291 g/mol. The molecule has 0 saturated carbocycles. The van der Waals surface area contributed by atoms with E-state index in [0.29, 0.717) is 17.7 Å². The fourth-order valence-corrected chi connectivity index (χ4v) is 1.74. The van der Waals surface area contributed by atoms with Crippen LogP contribution in [0.5, 0.6) is 0 Å². The largest absolute Gasteiger partial charge is 0.417 e. The zero-order valence-corrected chi connectivity index (χ0v) is 9.76. The van der Waals surface area contributed by atoms with Gasteiger partial charge in [0.2, 0.25) is 0 Å². The highest BCUT2D eigenvalue weighted by atomic mass is 19.4. The molecule has 0 aliphatic rings. The SMILES string of the molecule is FC(F)(F)c1ccc(-c2cccnc2)cc1C(F)(F)F. The van der Waals surface area contributed by atoms with Crippen LogP contribution in [0.2, 0.25) is 0 Å². The van der Waals surface area contributed by atoms with Gasteiger partial charge in [-0.15, -0.1) is 0 Å². The van der Waals surface area contributed by atoms with Crippen LogP contribution in [0.3, 0.4) is 0 Å². The maximum absolute atomic E-state index is 12.8. The molecule has 0 fully saturated rings. The molecule has 1 aromatic carbocycles. The van der Waals surface area contributed by atoms with Crippen molar-refractivity contribution in [2.24, 2.45) is 0 Å². The molecular formula is C13H7F6N. The third kappa shape index (κ3) is 2.92. The maximum Gasteiger partial charge on any atom is 0.417 e. The van der Waals surface area contributed by atoms with Crippen LogP contribution in [0.15, 0.2) is 42.7 Å². The first kappa shape index (κ1) is 14.4. The fraction of sp³-hybridized carbons (Fsp3) is 0.154. The average Bonchev–Trinajstić information content (AvgIpc) is 2.37. The summed E-state index contributed by atoms with van der Waals surface area (Å²) in [6.45, 7) is 0. The summed E-state index contributed by atoms with van der Waals surface area (Å²) < 4.78 is 76.1. The highest BCUT2D eigenvalue weighted by Crippen LogP contribution is 2.41. The van der Waals surface area contributed by atoms with Crippen LogP contribution < -0.4 is 0 Å². The molecule has 0 amide bonds. The molecule has 2 rings (SSSR count). The Morgan fingerprint density at radius 1 is 0.750 bits per heavy atom. The van der Waals surface area contributed by atoms with Crippen molar-refractivity contribution in [3.8, 4) is 11.1 Å². The molecule has 0 radical (unpaired) electrons.